The Labute approximate surface area is 69.0 Å². The highest BCUT2D eigenvalue weighted by Gasteiger charge is 2.27. The lowest BCUT2D eigenvalue weighted by Gasteiger charge is -2.34. The van der Waals surface area contributed by atoms with Gasteiger partial charge in [0.05, 0.1) is 6.61 Å². The standard InChI is InChI=1S/C8H20N2O/c1-8(2,3)7(10-4)6(9)5-11/h6-7,10-11H,5,9H2,1-4H3. The Kier molecular flexibility index (Phi) is 4.00. The number of hydrogen-bond acceptors (Lipinski definition) is 3. The van der Waals surface area contributed by atoms with Crippen LogP contribution < -0.4 is 11.1 Å². The lowest BCUT2D eigenvalue weighted by atomic mass is 9.83. The number of aliphatic hydroxyl groups excluding tert-OH is 1. The van der Waals surface area contributed by atoms with Gasteiger partial charge in [0.25, 0.3) is 0 Å². The lowest BCUT2D eigenvalue weighted by Crippen LogP contribution is -2.53. The second-order valence-electron chi connectivity index (χ2n) is 3.98. The summed E-state index contributed by atoms with van der Waals surface area (Å²) in [6.45, 7) is 6.33. The smallest absolute Gasteiger partial charge is 0.0598 e. The van der Waals surface area contributed by atoms with Gasteiger partial charge in [0.15, 0.2) is 0 Å². The molecule has 0 amide bonds. The zero-order valence-electron chi connectivity index (χ0n) is 7.89. The van der Waals surface area contributed by atoms with E-state index < -0.39 is 0 Å². The maximum atomic E-state index is 8.83. The fraction of sp³-hybridized carbons (Fsp3) is 1.00. The van der Waals surface area contributed by atoms with Gasteiger partial charge in [-0.1, -0.05) is 20.8 Å². The van der Waals surface area contributed by atoms with Crippen molar-refractivity contribution in [2.24, 2.45) is 11.1 Å². The van der Waals surface area contributed by atoms with Crippen molar-refractivity contribution in [3.63, 3.8) is 0 Å². The molecular formula is C8H20N2O. The number of likely N-dealkylation sites (N-methyl/N-ethyl adjacent to an activating group) is 1. The minimum absolute atomic E-state index is 0.0305. The van der Waals surface area contributed by atoms with Gasteiger partial charge < -0.3 is 16.2 Å². The summed E-state index contributed by atoms with van der Waals surface area (Å²) in [6.07, 6.45) is 0. The average Bonchev–Trinajstić information content (AvgIpc) is 1.86. The monoisotopic (exact) mass is 160 g/mol. The molecule has 0 aromatic rings. The van der Waals surface area contributed by atoms with Crippen LogP contribution in [0.4, 0.5) is 0 Å². The first-order valence-electron chi connectivity index (χ1n) is 3.97. The third-order valence-corrected chi connectivity index (χ3v) is 1.88. The van der Waals surface area contributed by atoms with Crippen molar-refractivity contribution in [3.8, 4) is 0 Å². The largest absolute Gasteiger partial charge is 0.395 e. The van der Waals surface area contributed by atoms with E-state index in [1.807, 2.05) is 7.05 Å². The summed E-state index contributed by atoms with van der Waals surface area (Å²) in [6, 6.07) is -0.0208. The topological polar surface area (TPSA) is 58.3 Å². The van der Waals surface area contributed by atoms with E-state index in [1.165, 1.54) is 0 Å². The maximum absolute atomic E-state index is 8.83. The molecule has 0 fully saturated rings. The molecule has 0 saturated carbocycles. The first-order valence-corrected chi connectivity index (χ1v) is 3.97. The Balaban J connectivity index is 4.16. The zero-order chi connectivity index (χ0) is 9.07. The molecule has 0 radical (unpaired) electrons. The highest BCUT2D eigenvalue weighted by atomic mass is 16.3. The van der Waals surface area contributed by atoms with Gasteiger partial charge in [0, 0.05) is 12.1 Å². The number of nitrogens with two attached hydrogens (primary N) is 1. The SMILES string of the molecule is CNC(C(N)CO)C(C)(C)C. The zero-order valence-corrected chi connectivity index (χ0v) is 7.89. The Morgan fingerprint density at radius 2 is 1.91 bits per heavy atom. The summed E-state index contributed by atoms with van der Waals surface area (Å²) in [5, 5.41) is 11.9. The van der Waals surface area contributed by atoms with Crippen LogP contribution in [0.3, 0.4) is 0 Å². The van der Waals surface area contributed by atoms with Crippen LogP contribution in [-0.4, -0.2) is 30.8 Å². The minimum atomic E-state index is -0.181. The fourth-order valence-corrected chi connectivity index (χ4v) is 1.39. The van der Waals surface area contributed by atoms with Crippen LogP contribution in [0.2, 0.25) is 0 Å². The molecular weight excluding hydrogens is 140 g/mol. The Morgan fingerprint density at radius 3 is 2.00 bits per heavy atom. The summed E-state index contributed by atoms with van der Waals surface area (Å²) in [5.74, 6) is 0. The van der Waals surface area contributed by atoms with Crippen molar-refractivity contribution in [2.45, 2.75) is 32.9 Å². The third-order valence-electron chi connectivity index (χ3n) is 1.88. The molecule has 0 aliphatic heterocycles. The van der Waals surface area contributed by atoms with Crippen molar-refractivity contribution < 1.29 is 5.11 Å². The number of aliphatic hydroxyl groups is 1. The van der Waals surface area contributed by atoms with Crippen LogP contribution in [0.1, 0.15) is 20.8 Å². The second-order valence-corrected chi connectivity index (χ2v) is 3.98. The molecule has 3 heteroatoms. The fourth-order valence-electron chi connectivity index (χ4n) is 1.39. The van der Waals surface area contributed by atoms with E-state index in [2.05, 4.69) is 26.1 Å². The van der Waals surface area contributed by atoms with Crippen LogP contribution in [0.25, 0.3) is 0 Å². The first kappa shape index (κ1) is 10.9. The number of hydrogen-bond donors (Lipinski definition) is 3. The van der Waals surface area contributed by atoms with Crippen molar-refractivity contribution in [1.82, 2.24) is 5.32 Å². The van der Waals surface area contributed by atoms with E-state index in [0.717, 1.165) is 0 Å². The van der Waals surface area contributed by atoms with Gasteiger partial charge in [-0.05, 0) is 12.5 Å². The van der Waals surface area contributed by atoms with E-state index in [0.29, 0.717) is 0 Å². The van der Waals surface area contributed by atoms with Gasteiger partial charge in [-0.3, -0.25) is 0 Å². The molecule has 0 aliphatic carbocycles. The lowest BCUT2D eigenvalue weighted by molar-refractivity contribution is 0.177. The van der Waals surface area contributed by atoms with Gasteiger partial charge in [0.2, 0.25) is 0 Å². The molecule has 11 heavy (non-hydrogen) atoms. The molecule has 0 aliphatic rings. The summed E-state index contributed by atoms with van der Waals surface area (Å²) in [7, 11) is 1.87. The molecule has 4 N–H and O–H groups in total. The highest BCUT2D eigenvalue weighted by molar-refractivity contribution is 4.87. The van der Waals surface area contributed by atoms with Gasteiger partial charge in [-0.15, -0.1) is 0 Å². The summed E-state index contributed by atoms with van der Waals surface area (Å²) >= 11 is 0. The first-order chi connectivity index (χ1) is 4.93. The molecule has 0 spiro atoms. The molecule has 0 aromatic carbocycles. The van der Waals surface area contributed by atoms with E-state index in [-0.39, 0.29) is 24.1 Å². The molecule has 68 valence electrons. The normalized spacial score (nSPS) is 18.0. The molecule has 0 saturated heterocycles. The number of rotatable bonds is 3. The predicted molar refractivity (Wildman–Crippen MR) is 47.4 cm³/mol. The average molecular weight is 160 g/mol. The minimum Gasteiger partial charge on any atom is -0.395 e. The van der Waals surface area contributed by atoms with Crippen LogP contribution in [0.15, 0.2) is 0 Å². The van der Waals surface area contributed by atoms with Crippen molar-refractivity contribution in [1.29, 1.82) is 0 Å². The van der Waals surface area contributed by atoms with E-state index >= 15 is 0 Å². The molecule has 2 unspecified atom stereocenters. The Hall–Kier alpha value is -0.120. The van der Waals surface area contributed by atoms with Crippen LogP contribution >= 0.6 is 0 Å². The van der Waals surface area contributed by atoms with E-state index in [4.69, 9.17) is 10.8 Å². The van der Waals surface area contributed by atoms with Crippen molar-refractivity contribution in [3.05, 3.63) is 0 Å². The Morgan fingerprint density at radius 1 is 1.45 bits per heavy atom. The van der Waals surface area contributed by atoms with Crippen LogP contribution in [0, 0.1) is 5.41 Å². The summed E-state index contributed by atoms with van der Waals surface area (Å²) in [4.78, 5) is 0. The van der Waals surface area contributed by atoms with Crippen LogP contribution in [0.5, 0.6) is 0 Å². The van der Waals surface area contributed by atoms with Gasteiger partial charge in [-0.2, -0.15) is 0 Å². The van der Waals surface area contributed by atoms with Gasteiger partial charge >= 0.3 is 0 Å². The van der Waals surface area contributed by atoms with Crippen molar-refractivity contribution in [2.75, 3.05) is 13.7 Å². The van der Waals surface area contributed by atoms with Gasteiger partial charge in [0.1, 0.15) is 0 Å². The molecule has 0 rings (SSSR count). The molecule has 3 nitrogen and oxygen atoms in total. The maximum Gasteiger partial charge on any atom is 0.0598 e. The number of nitrogens with one attached hydrogen (secondary N) is 1. The molecule has 0 aromatic heterocycles. The summed E-state index contributed by atoms with van der Waals surface area (Å²) in [5.41, 5.74) is 5.80. The molecule has 0 heterocycles. The summed E-state index contributed by atoms with van der Waals surface area (Å²) < 4.78 is 0. The quantitative estimate of drug-likeness (QED) is 0.542. The van der Waals surface area contributed by atoms with E-state index in [1.54, 1.807) is 0 Å². The predicted octanol–water partition coefficient (Wildman–Crippen LogP) is -0.0599. The van der Waals surface area contributed by atoms with Crippen LogP contribution in [-0.2, 0) is 0 Å². The Bertz CT molecular complexity index is 109. The third kappa shape index (κ3) is 3.18. The van der Waals surface area contributed by atoms with Gasteiger partial charge in [-0.25, -0.2) is 0 Å². The molecule has 2 atom stereocenters. The highest BCUT2D eigenvalue weighted by Crippen LogP contribution is 2.20. The van der Waals surface area contributed by atoms with Crippen molar-refractivity contribution >= 4 is 0 Å². The van der Waals surface area contributed by atoms with E-state index in [9.17, 15) is 0 Å². The molecule has 0 bridgehead atoms. The second kappa shape index (κ2) is 4.04.